The summed E-state index contributed by atoms with van der Waals surface area (Å²) in [5.74, 6) is -0.116. The van der Waals surface area contributed by atoms with Gasteiger partial charge in [0.2, 0.25) is 5.91 Å². The normalized spacial score (nSPS) is 12.4. The van der Waals surface area contributed by atoms with Crippen molar-refractivity contribution in [3.05, 3.63) is 60.2 Å². The van der Waals surface area contributed by atoms with Gasteiger partial charge in [0.15, 0.2) is 9.84 Å². The van der Waals surface area contributed by atoms with Gasteiger partial charge in [0.1, 0.15) is 5.25 Å². The molecule has 27 heavy (non-hydrogen) atoms. The molecule has 2 rings (SSSR count). The third kappa shape index (κ3) is 5.57. The van der Waals surface area contributed by atoms with Crippen molar-refractivity contribution < 1.29 is 13.2 Å². The molecule has 1 amide bonds. The first-order chi connectivity index (χ1) is 12.9. The summed E-state index contributed by atoms with van der Waals surface area (Å²) in [4.78, 5) is 14.2. The zero-order valence-corrected chi connectivity index (χ0v) is 17.0. The number of hydrogen-bond donors (Lipinski definition) is 1. The molecule has 6 heteroatoms. The van der Waals surface area contributed by atoms with E-state index in [0.29, 0.717) is 12.0 Å². The molecule has 0 aliphatic carbocycles. The average molecular weight is 389 g/mol. The third-order valence-electron chi connectivity index (χ3n) is 4.47. The van der Waals surface area contributed by atoms with Gasteiger partial charge in [-0.15, -0.1) is 0 Å². The molecule has 0 spiro atoms. The van der Waals surface area contributed by atoms with Crippen LogP contribution in [-0.4, -0.2) is 35.0 Å². The minimum absolute atomic E-state index is 0.0566. The number of unbranched alkanes of at least 4 members (excludes halogenated alkanes) is 1. The summed E-state index contributed by atoms with van der Waals surface area (Å²) in [5, 5.41) is 1.97. The Hall–Kier alpha value is -2.34. The number of nitrogens with one attached hydrogen (secondary N) is 1. The fourth-order valence-electron chi connectivity index (χ4n) is 2.80. The Bertz CT molecular complexity index is 831. The van der Waals surface area contributed by atoms with Gasteiger partial charge in [0.25, 0.3) is 0 Å². The Labute approximate surface area is 162 Å². The Morgan fingerprint density at radius 3 is 2.22 bits per heavy atom. The van der Waals surface area contributed by atoms with Crippen LogP contribution < -0.4 is 10.2 Å². The first-order valence-corrected chi connectivity index (χ1v) is 10.7. The van der Waals surface area contributed by atoms with Gasteiger partial charge < -0.3 is 10.2 Å². The zero-order valence-electron chi connectivity index (χ0n) is 16.2. The number of carbonyl (C=O) groups excluding carboxylic acids is 1. The minimum atomic E-state index is -3.63. The predicted octanol–water partition coefficient (Wildman–Crippen LogP) is 3.57. The van der Waals surface area contributed by atoms with Crippen LogP contribution in [0.15, 0.2) is 59.5 Å². The van der Waals surface area contributed by atoms with Crippen LogP contribution in [0.25, 0.3) is 0 Å². The van der Waals surface area contributed by atoms with Crippen molar-refractivity contribution in [1.82, 2.24) is 5.32 Å². The second-order valence-corrected chi connectivity index (χ2v) is 8.87. The Kier molecular flexibility index (Phi) is 7.42. The molecule has 0 unspecified atom stereocenters. The van der Waals surface area contributed by atoms with Gasteiger partial charge in [-0.1, -0.05) is 43.7 Å². The highest BCUT2D eigenvalue weighted by molar-refractivity contribution is 7.91. The van der Waals surface area contributed by atoms with Crippen molar-refractivity contribution >= 4 is 21.4 Å². The molecule has 1 atom stereocenters. The molecule has 5 nitrogen and oxygen atoms in total. The molecule has 0 aliphatic heterocycles. The number of benzene rings is 2. The second kappa shape index (κ2) is 9.55. The molecule has 0 aromatic heterocycles. The van der Waals surface area contributed by atoms with Crippen molar-refractivity contribution in [3.8, 4) is 0 Å². The Morgan fingerprint density at radius 2 is 1.67 bits per heavy atom. The highest BCUT2D eigenvalue weighted by Crippen LogP contribution is 2.29. The van der Waals surface area contributed by atoms with Crippen LogP contribution in [0.4, 0.5) is 5.69 Å². The third-order valence-corrected chi connectivity index (χ3v) is 6.59. The maximum absolute atomic E-state index is 13.2. The second-order valence-electron chi connectivity index (χ2n) is 6.74. The van der Waals surface area contributed by atoms with E-state index in [1.165, 1.54) is 0 Å². The van der Waals surface area contributed by atoms with Crippen molar-refractivity contribution in [2.45, 2.75) is 36.3 Å². The molecule has 0 saturated heterocycles. The van der Waals surface area contributed by atoms with Crippen LogP contribution in [0.2, 0.25) is 0 Å². The van der Waals surface area contributed by atoms with E-state index < -0.39 is 15.1 Å². The lowest BCUT2D eigenvalue weighted by atomic mass is 10.1. The summed E-state index contributed by atoms with van der Waals surface area (Å²) in [6.07, 6.45) is 2.12. The first-order valence-electron chi connectivity index (χ1n) is 9.19. The van der Waals surface area contributed by atoms with Crippen LogP contribution in [-0.2, 0) is 14.6 Å². The molecule has 0 fully saturated rings. The predicted molar refractivity (Wildman–Crippen MR) is 110 cm³/mol. The SMILES string of the molecule is CCCCC(=O)NC[C@H](c1ccc(N(C)C)cc1)S(=O)(=O)c1ccccc1. The highest BCUT2D eigenvalue weighted by atomic mass is 32.2. The largest absolute Gasteiger partial charge is 0.378 e. The van der Waals surface area contributed by atoms with Crippen molar-refractivity contribution in [2.75, 3.05) is 25.5 Å². The van der Waals surface area contributed by atoms with E-state index >= 15 is 0 Å². The average Bonchev–Trinajstić information content (AvgIpc) is 2.67. The molecule has 0 radical (unpaired) electrons. The number of hydrogen-bond acceptors (Lipinski definition) is 4. The minimum Gasteiger partial charge on any atom is -0.378 e. The van der Waals surface area contributed by atoms with E-state index in [2.05, 4.69) is 5.32 Å². The molecule has 2 aromatic carbocycles. The van der Waals surface area contributed by atoms with Gasteiger partial charge in [-0.05, 0) is 36.2 Å². The van der Waals surface area contributed by atoms with Gasteiger partial charge in [0, 0.05) is 32.7 Å². The van der Waals surface area contributed by atoms with Gasteiger partial charge in [-0.3, -0.25) is 4.79 Å². The van der Waals surface area contributed by atoms with E-state index in [4.69, 9.17) is 0 Å². The molecule has 0 saturated carbocycles. The summed E-state index contributed by atoms with van der Waals surface area (Å²) in [6.45, 7) is 2.07. The smallest absolute Gasteiger partial charge is 0.220 e. The summed E-state index contributed by atoms with van der Waals surface area (Å²) in [7, 11) is 0.232. The van der Waals surface area contributed by atoms with Gasteiger partial charge >= 0.3 is 0 Å². The topological polar surface area (TPSA) is 66.5 Å². The van der Waals surface area contributed by atoms with E-state index in [-0.39, 0.29) is 17.3 Å². The van der Waals surface area contributed by atoms with E-state index in [0.717, 1.165) is 18.5 Å². The van der Waals surface area contributed by atoms with Gasteiger partial charge in [-0.25, -0.2) is 8.42 Å². The molecule has 146 valence electrons. The monoisotopic (exact) mass is 388 g/mol. The summed E-state index contributed by atoms with van der Waals surface area (Å²) >= 11 is 0. The molecule has 0 aliphatic rings. The lowest BCUT2D eigenvalue weighted by Crippen LogP contribution is -2.31. The number of nitrogens with zero attached hydrogens (tertiary/aromatic N) is 1. The van der Waals surface area contributed by atoms with Gasteiger partial charge in [0.05, 0.1) is 4.90 Å². The number of rotatable bonds is 9. The van der Waals surface area contributed by atoms with E-state index in [1.54, 1.807) is 30.3 Å². The standard InChI is InChI=1S/C21H28N2O3S/c1-4-5-11-21(24)22-16-20(17-12-14-18(15-13-17)23(2)3)27(25,26)19-9-7-6-8-10-19/h6-10,12-15,20H,4-5,11,16H2,1-3H3,(H,22,24)/t20-/m1/s1. The number of sulfone groups is 1. The Balaban J connectivity index is 2.32. The zero-order chi connectivity index (χ0) is 19.9. The van der Waals surface area contributed by atoms with Crippen LogP contribution in [0.3, 0.4) is 0 Å². The number of carbonyl (C=O) groups is 1. The summed E-state index contributed by atoms with van der Waals surface area (Å²) in [6, 6.07) is 15.8. The summed E-state index contributed by atoms with van der Waals surface area (Å²) < 4.78 is 26.4. The van der Waals surface area contributed by atoms with E-state index in [1.807, 2.05) is 50.2 Å². The quantitative estimate of drug-likeness (QED) is 0.713. The highest BCUT2D eigenvalue weighted by Gasteiger charge is 2.29. The summed E-state index contributed by atoms with van der Waals surface area (Å²) in [5.41, 5.74) is 1.65. The van der Waals surface area contributed by atoms with Crippen LogP contribution >= 0.6 is 0 Å². The van der Waals surface area contributed by atoms with Crippen molar-refractivity contribution in [3.63, 3.8) is 0 Å². The molecular formula is C21H28N2O3S. The van der Waals surface area contributed by atoms with Crippen molar-refractivity contribution in [2.24, 2.45) is 0 Å². The lowest BCUT2D eigenvalue weighted by Gasteiger charge is -2.20. The first kappa shape index (κ1) is 21.0. The molecule has 0 bridgehead atoms. The van der Waals surface area contributed by atoms with Gasteiger partial charge in [-0.2, -0.15) is 0 Å². The molecular weight excluding hydrogens is 360 g/mol. The molecule has 2 aromatic rings. The maximum Gasteiger partial charge on any atom is 0.220 e. The Morgan fingerprint density at radius 1 is 1.04 bits per heavy atom. The molecule has 0 heterocycles. The fourth-order valence-corrected chi connectivity index (χ4v) is 4.48. The van der Waals surface area contributed by atoms with E-state index in [9.17, 15) is 13.2 Å². The van der Waals surface area contributed by atoms with Crippen LogP contribution in [0.5, 0.6) is 0 Å². The van der Waals surface area contributed by atoms with Crippen molar-refractivity contribution in [1.29, 1.82) is 0 Å². The number of amides is 1. The fraction of sp³-hybridized carbons (Fsp3) is 0.381. The molecule has 1 N–H and O–H groups in total. The lowest BCUT2D eigenvalue weighted by molar-refractivity contribution is -0.121. The van der Waals surface area contributed by atoms with Crippen LogP contribution in [0.1, 0.15) is 37.0 Å². The maximum atomic E-state index is 13.2. The van der Waals surface area contributed by atoms with Crippen LogP contribution in [0, 0.1) is 0 Å². The number of anilines is 1.